The van der Waals surface area contributed by atoms with Gasteiger partial charge >= 0.3 is 0 Å². The van der Waals surface area contributed by atoms with Crippen molar-refractivity contribution in [2.45, 2.75) is 56.4 Å². The van der Waals surface area contributed by atoms with E-state index < -0.39 is 0 Å². The van der Waals surface area contributed by atoms with Gasteiger partial charge in [0.05, 0.1) is 10.9 Å². The van der Waals surface area contributed by atoms with Crippen LogP contribution in [0.3, 0.4) is 0 Å². The fraction of sp³-hybridized carbons (Fsp3) is 0.500. The smallest absolute Gasteiger partial charge is 0.239 e. The predicted molar refractivity (Wildman–Crippen MR) is 115 cm³/mol. The molecule has 1 aromatic carbocycles. The minimum atomic E-state index is -0.157. The molecule has 4 rings (SSSR count). The summed E-state index contributed by atoms with van der Waals surface area (Å²) in [5.74, 6) is 2.14. The van der Waals surface area contributed by atoms with E-state index in [4.69, 9.17) is 16.1 Å². The zero-order valence-electron chi connectivity index (χ0n) is 17.1. The zero-order chi connectivity index (χ0) is 20.6. The summed E-state index contributed by atoms with van der Waals surface area (Å²) >= 11 is 7.82. The number of nitrogens with zero attached hydrogens (tertiary/aromatic N) is 6. The normalized spacial score (nSPS) is 15.8. The molecule has 0 amide bonds. The first-order chi connectivity index (χ1) is 13.8. The molecule has 1 atom stereocenters. The maximum Gasteiger partial charge on any atom is 0.239 e. The van der Waals surface area contributed by atoms with Gasteiger partial charge in [-0.15, -0.1) is 10.2 Å². The Morgan fingerprint density at radius 3 is 2.59 bits per heavy atom. The van der Waals surface area contributed by atoms with Crippen molar-refractivity contribution in [1.82, 2.24) is 24.9 Å². The van der Waals surface area contributed by atoms with Crippen molar-refractivity contribution >= 4 is 29.3 Å². The average molecular weight is 433 g/mol. The van der Waals surface area contributed by atoms with E-state index in [1.165, 1.54) is 12.8 Å². The Kier molecular flexibility index (Phi) is 5.57. The van der Waals surface area contributed by atoms with E-state index in [0.29, 0.717) is 16.7 Å². The third-order valence-electron chi connectivity index (χ3n) is 4.81. The zero-order valence-corrected chi connectivity index (χ0v) is 18.7. The fourth-order valence-corrected chi connectivity index (χ4v) is 4.29. The van der Waals surface area contributed by atoms with Crippen LogP contribution in [0.15, 0.2) is 33.9 Å². The number of anilines is 1. The molecule has 1 unspecified atom stereocenters. The molecule has 29 heavy (non-hydrogen) atoms. The van der Waals surface area contributed by atoms with Crippen molar-refractivity contribution in [3.8, 4) is 5.69 Å². The maximum absolute atomic E-state index is 6.27. The summed E-state index contributed by atoms with van der Waals surface area (Å²) in [5, 5.41) is 14.5. The van der Waals surface area contributed by atoms with E-state index in [0.717, 1.165) is 29.9 Å². The van der Waals surface area contributed by atoms with Crippen LogP contribution in [0, 0.1) is 0 Å². The van der Waals surface area contributed by atoms with Crippen molar-refractivity contribution in [3.63, 3.8) is 0 Å². The van der Waals surface area contributed by atoms with Crippen molar-refractivity contribution in [2.75, 3.05) is 18.0 Å². The van der Waals surface area contributed by atoms with E-state index in [2.05, 4.69) is 50.6 Å². The lowest BCUT2D eigenvalue weighted by Crippen LogP contribution is -2.22. The molecule has 1 aliphatic rings. The quantitative estimate of drug-likeness (QED) is 0.522. The number of halogens is 1. The molecule has 154 valence electrons. The van der Waals surface area contributed by atoms with Crippen LogP contribution in [-0.4, -0.2) is 38.0 Å². The van der Waals surface area contributed by atoms with Gasteiger partial charge in [-0.3, -0.25) is 4.57 Å². The minimum absolute atomic E-state index is 0.0628. The van der Waals surface area contributed by atoms with Gasteiger partial charge in [0.25, 0.3) is 0 Å². The Morgan fingerprint density at radius 1 is 1.17 bits per heavy atom. The van der Waals surface area contributed by atoms with E-state index in [-0.39, 0.29) is 10.7 Å². The van der Waals surface area contributed by atoms with Gasteiger partial charge in [-0.25, -0.2) is 0 Å². The first-order valence-corrected chi connectivity index (χ1v) is 11.1. The van der Waals surface area contributed by atoms with Crippen molar-refractivity contribution < 1.29 is 4.52 Å². The summed E-state index contributed by atoms with van der Waals surface area (Å²) in [6.45, 7) is 10.2. The molecular formula is C20H25ClN6OS. The van der Waals surface area contributed by atoms with E-state index in [1.807, 2.05) is 31.2 Å². The molecule has 2 aromatic heterocycles. The second-order valence-corrected chi connectivity index (χ2v) is 10.0. The Balaban J connectivity index is 1.67. The first kappa shape index (κ1) is 20.2. The lowest BCUT2D eigenvalue weighted by molar-refractivity contribution is 0.364. The Morgan fingerprint density at radius 2 is 1.93 bits per heavy atom. The fourth-order valence-electron chi connectivity index (χ4n) is 3.22. The maximum atomic E-state index is 6.27. The summed E-state index contributed by atoms with van der Waals surface area (Å²) in [5.41, 5.74) is 0.788. The van der Waals surface area contributed by atoms with Gasteiger partial charge in [-0.2, -0.15) is 4.98 Å². The summed E-state index contributed by atoms with van der Waals surface area (Å²) in [7, 11) is 0. The number of thioether (sulfide) groups is 1. The second kappa shape index (κ2) is 7.99. The number of hydrogen-bond donors (Lipinski definition) is 0. The average Bonchev–Trinajstić information content (AvgIpc) is 3.41. The van der Waals surface area contributed by atoms with Crippen LogP contribution in [0.5, 0.6) is 0 Å². The SMILES string of the molecule is CC(Sc1nnc(N2CCCC2)n1-c1cccc(Cl)c1)c1nc(C(C)(C)C)no1. The summed E-state index contributed by atoms with van der Waals surface area (Å²) in [6, 6.07) is 7.77. The highest BCUT2D eigenvalue weighted by Gasteiger charge is 2.27. The van der Waals surface area contributed by atoms with Crippen LogP contribution in [0.4, 0.5) is 5.95 Å². The van der Waals surface area contributed by atoms with Gasteiger partial charge in [0, 0.05) is 23.5 Å². The third-order valence-corrected chi connectivity index (χ3v) is 6.08. The Labute approximate surface area is 179 Å². The van der Waals surface area contributed by atoms with Crippen molar-refractivity contribution in [1.29, 1.82) is 0 Å². The molecule has 0 saturated carbocycles. The van der Waals surface area contributed by atoms with Gasteiger partial charge in [0.1, 0.15) is 0 Å². The van der Waals surface area contributed by atoms with Gasteiger partial charge in [-0.1, -0.05) is 55.4 Å². The molecular weight excluding hydrogens is 408 g/mol. The van der Waals surface area contributed by atoms with Crippen LogP contribution >= 0.6 is 23.4 Å². The van der Waals surface area contributed by atoms with Gasteiger partial charge in [-0.05, 0) is 38.0 Å². The van der Waals surface area contributed by atoms with E-state index >= 15 is 0 Å². The molecule has 1 saturated heterocycles. The molecule has 0 aliphatic carbocycles. The van der Waals surface area contributed by atoms with E-state index in [1.54, 1.807) is 11.8 Å². The highest BCUT2D eigenvalue weighted by atomic mass is 35.5. The number of rotatable bonds is 5. The molecule has 1 aliphatic heterocycles. The summed E-state index contributed by atoms with van der Waals surface area (Å²) in [4.78, 5) is 6.86. The van der Waals surface area contributed by atoms with E-state index in [9.17, 15) is 0 Å². The van der Waals surface area contributed by atoms with Crippen molar-refractivity contribution in [3.05, 3.63) is 41.0 Å². The Hall–Kier alpha value is -2.06. The molecule has 1 fully saturated rings. The Bertz CT molecular complexity index is 989. The molecule has 3 aromatic rings. The second-order valence-electron chi connectivity index (χ2n) is 8.26. The predicted octanol–water partition coefficient (Wildman–Crippen LogP) is 5.05. The molecule has 9 heteroatoms. The van der Waals surface area contributed by atoms with Crippen molar-refractivity contribution in [2.24, 2.45) is 0 Å². The van der Waals surface area contributed by atoms with Gasteiger partial charge < -0.3 is 9.42 Å². The lowest BCUT2D eigenvalue weighted by atomic mass is 9.96. The topological polar surface area (TPSA) is 72.9 Å². The molecule has 7 nitrogen and oxygen atoms in total. The molecule has 0 radical (unpaired) electrons. The third kappa shape index (κ3) is 4.28. The van der Waals surface area contributed by atoms with Crippen LogP contribution in [0.1, 0.15) is 57.5 Å². The van der Waals surface area contributed by atoms with Gasteiger partial charge in [0.2, 0.25) is 11.8 Å². The molecule has 0 bridgehead atoms. The number of hydrogen-bond acceptors (Lipinski definition) is 7. The largest absolute Gasteiger partial charge is 0.341 e. The monoisotopic (exact) mass is 432 g/mol. The first-order valence-electron chi connectivity index (χ1n) is 9.80. The highest BCUT2D eigenvalue weighted by molar-refractivity contribution is 7.99. The van der Waals surface area contributed by atoms with Crippen LogP contribution in [-0.2, 0) is 5.41 Å². The molecule has 0 spiro atoms. The van der Waals surface area contributed by atoms with Gasteiger partial charge in [0.15, 0.2) is 11.0 Å². The van der Waals surface area contributed by atoms with Crippen LogP contribution < -0.4 is 4.90 Å². The summed E-state index contributed by atoms with van der Waals surface area (Å²) < 4.78 is 7.59. The molecule has 0 N–H and O–H groups in total. The highest BCUT2D eigenvalue weighted by Crippen LogP contribution is 2.37. The lowest BCUT2D eigenvalue weighted by Gasteiger charge is -2.19. The van der Waals surface area contributed by atoms with Crippen LogP contribution in [0.2, 0.25) is 5.02 Å². The summed E-state index contributed by atoms with van der Waals surface area (Å²) in [6.07, 6.45) is 2.33. The molecule has 3 heterocycles. The van der Waals surface area contributed by atoms with Crippen LogP contribution in [0.25, 0.3) is 5.69 Å². The number of aromatic nitrogens is 5. The number of benzene rings is 1. The standard InChI is InChI=1S/C20H25ClN6OS/c1-13(16-22-17(25-28-16)20(2,3)4)29-19-24-23-18(26-10-5-6-11-26)27(19)15-9-7-8-14(21)12-15/h7-9,12-13H,5-6,10-11H2,1-4H3. The minimum Gasteiger partial charge on any atom is -0.341 e.